The number of carbonyl (C=O) groups is 2. The first-order valence-electron chi connectivity index (χ1n) is 6.54. The smallest absolute Gasteiger partial charge is 0.280 e. The van der Waals surface area contributed by atoms with Gasteiger partial charge in [-0.05, 0) is 32.9 Å². The Morgan fingerprint density at radius 2 is 1.16 bits per heavy atom. The number of hydrogen-bond donors (Lipinski definition) is 0. The summed E-state index contributed by atoms with van der Waals surface area (Å²) in [5.41, 5.74) is 1.07. The summed E-state index contributed by atoms with van der Waals surface area (Å²) in [7, 11) is -3.09. The van der Waals surface area contributed by atoms with E-state index in [1.165, 1.54) is 0 Å². The summed E-state index contributed by atoms with van der Waals surface area (Å²) in [6.45, 7) is 5.32. The topological polar surface area (TPSA) is 68.3 Å². The third-order valence-electron chi connectivity index (χ3n) is 2.69. The molecule has 1 aromatic rings. The number of halogens is 6. The molecule has 0 saturated heterocycles. The van der Waals surface area contributed by atoms with Gasteiger partial charge in [0.2, 0.25) is 0 Å². The van der Waals surface area contributed by atoms with Crippen LogP contribution >= 0.6 is 0 Å². The van der Waals surface area contributed by atoms with E-state index in [9.17, 15) is 44.3 Å². The van der Waals surface area contributed by atoms with E-state index in [-0.39, 0.29) is 5.25 Å². The van der Waals surface area contributed by atoms with Crippen molar-refractivity contribution in [1.29, 1.82) is 0 Å². The quantitative estimate of drug-likeness (QED) is 0.584. The van der Waals surface area contributed by atoms with E-state index in [0.717, 1.165) is 5.56 Å². The minimum atomic E-state index is -5.77. The Hall–Kier alpha value is -1.91. The molecule has 4 nitrogen and oxygen atoms in total. The van der Waals surface area contributed by atoms with Gasteiger partial charge in [-0.2, -0.15) is 26.3 Å². The lowest BCUT2D eigenvalue weighted by Gasteiger charge is -2.07. The lowest BCUT2D eigenvalue weighted by Crippen LogP contribution is -2.39. The standard InChI is InChI=1S/C10H14O2S.C4F6O2/c1-8(2)13(11,12)10-6-4-9(3)5-7-10;5-3(6,7)1(11)2(12)4(8,9)10/h4-8H,1-3H3;. The van der Waals surface area contributed by atoms with Crippen LogP contribution in [0, 0.1) is 6.92 Å². The molecule has 0 aliphatic carbocycles. The first kappa shape index (κ1) is 23.1. The van der Waals surface area contributed by atoms with Crippen LogP contribution in [0.5, 0.6) is 0 Å². The zero-order chi connectivity index (χ0) is 20.2. The maximum atomic E-state index is 11.6. The van der Waals surface area contributed by atoms with Gasteiger partial charge in [0.15, 0.2) is 9.84 Å². The van der Waals surface area contributed by atoms with Crippen LogP contribution in [0.25, 0.3) is 0 Å². The minimum Gasteiger partial charge on any atom is -0.280 e. The molecule has 0 N–H and O–H groups in total. The molecular formula is C14H14F6O4S. The number of Topliss-reactive ketones (excluding diaryl/α,β-unsaturated/α-hetero) is 2. The van der Waals surface area contributed by atoms with E-state index >= 15 is 0 Å². The summed E-state index contributed by atoms with van der Waals surface area (Å²) in [6, 6.07) is 6.94. The summed E-state index contributed by atoms with van der Waals surface area (Å²) < 4.78 is 90.2. The second kappa shape index (κ2) is 7.98. The summed E-state index contributed by atoms with van der Waals surface area (Å²) in [4.78, 5) is 19.6. The van der Waals surface area contributed by atoms with E-state index in [2.05, 4.69) is 0 Å². The van der Waals surface area contributed by atoms with Crippen LogP contribution in [0.1, 0.15) is 19.4 Å². The van der Waals surface area contributed by atoms with E-state index in [1.807, 2.05) is 19.1 Å². The average molecular weight is 392 g/mol. The number of rotatable bonds is 3. The highest BCUT2D eigenvalue weighted by atomic mass is 32.2. The van der Waals surface area contributed by atoms with Crippen molar-refractivity contribution in [3.63, 3.8) is 0 Å². The van der Waals surface area contributed by atoms with Gasteiger partial charge in [-0.3, -0.25) is 9.59 Å². The number of aryl methyl sites for hydroxylation is 1. The minimum absolute atomic E-state index is 0.352. The Bertz CT molecular complexity index is 691. The summed E-state index contributed by atoms with van der Waals surface area (Å²) in [5.74, 6) is -6.81. The van der Waals surface area contributed by atoms with Crippen LogP contribution in [-0.2, 0) is 19.4 Å². The average Bonchev–Trinajstić information content (AvgIpc) is 2.44. The number of hydrogen-bond acceptors (Lipinski definition) is 4. The molecule has 0 aliphatic rings. The van der Waals surface area contributed by atoms with Gasteiger partial charge < -0.3 is 0 Å². The molecule has 0 unspecified atom stereocenters. The predicted molar refractivity (Wildman–Crippen MR) is 75.6 cm³/mol. The molecule has 142 valence electrons. The fourth-order valence-corrected chi connectivity index (χ4v) is 2.32. The molecule has 0 heterocycles. The molecule has 0 aliphatic heterocycles. The molecule has 0 aromatic heterocycles. The number of carbonyl (C=O) groups excluding carboxylic acids is 2. The monoisotopic (exact) mass is 392 g/mol. The Labute approximate surface area is 139 Å². The van der Waals surface area contributed by atoms with Crippen LogP contribution < -0.4 is 0 Å². The van der Waals surface area contributed by atoms with Crippen molar-refractivity contribution >= 4 is 21.4 Å². The van der Waals surface area contributed by atoms with Crippen molar-refractivity contribution in [3.05, 3.63) is 29.8 Å². The lowest BCUT2D eigenvalue weighted by atomic mass is 10.2. The molecule has 0 spiro atoms. The van der Waals surface area contributed by atoms with Gasteiger partial charge in [-0.15, -0.1) is 0 Å². The van der Waals surface area contributed by atoms with E-state index in [1.54, 1.807) is 26.0 Å². The fourth-order valence-electron chi connectivity index (χ4n) is 1.26. The second-order valence-corrected chi connectivity index (χ2v) is 7.56. The largest absolute Gasteiger partial charge is 0.458 e. The Morgan fingerprint density at radius 1 is 0.840 bits per heavy atom. The number of ketones is 2. The molecule has 0 radical (unpaired) electrons. The molecule has 1 aromatic carbocycles. The van der Waals surface area contributed by atoms with E-state index in [4.69, 9.17) is 0 Å². The van der Waals surface area contributed by atoms with Crippen molar-refractivity contribution in [1.82, 2.24) is 0 Å². The van der Waals surface area contributed by atoms with Crippen LogP contribution in [0.4, 0.5) is 26.3 Å². The van der Waals surface area contributed by atoms with Gasteiger partial charge in [0.05, 0.1) is 10.1 Å². The second-order valence-electron chi connectivity index (χ2n) is 5.06. The van der Waals surface area contributed by atoms with Crippen molar-refractivity contribution in [3.8, 4) is 0 Å². The first-order valence-corrected chi connectivity index (χ1v) is 8.09. The maximum Gasteiger partial charge on any atom is 0.458 e. The fraction of sp³-hybridized carbons (Fsp3) is 0.429. The molecule has 0 fully saturated rings. The number of sulfone groups is 1. The molecule has 0 amide bonds. The third-order valence-corrected chi connectivity index (χ3v) is 4.86. The van der Waals surface area contributed by atoms with Crippen molar-refractivity contribution < 1.29 is 44.3 Å². The molecule has 0 saturated carbocycles. The zero-order valence-corrected chi connectivity index (χ0v) is 14.0. The molecule has 1 rings (SSSR count). The van der Waals surface area contributed by atoms with E-state index in [0.29, 0.717) is 4.90 Å². The Kier molecular flexibility index (Phi) is 7.37. The van der Waals surface area contributed by atoms with Gasteiger partial charge >= 0.3 is 23.9 Å². The Morgan fingerprint density at radius 3 is 1.40 bits per heavy atom. The van der Waals surface area contributed by atoms with Crippen molar-refractivity contribution in [2.24, 2.45) is 0 Å². The van der Waals surface area contributed by atoms with Gasteiger partial charge in [0, 0.05) is 0 Å². The zero-order valence-electron chi connectivity index (χ0n) is 13.2. The molecular weight excluding hydrogens is 378 g/mol. The Balaban J connectivity index is 0.000000463. The van der Waals surface area contributed by atoms with Crippen LogP contribution in [0.3, 0.4) is 0 Å². The summed E-state index contributed by atoms with van der Waals surface area (Å²) in [5, 5.41) is -0.352. The van der Waals surface area contributed by atoms with Gasteiger partial charge in [0.1, 0.15) is 0 Å². The first-order chi connectivity index (χ1) is 11.0. The van der Waals surface area contributed by atoms with E-state index < -0.39 is 33.8 Å². The van der Waals surface area contributed by atoms with Crippen LogP contribution in [0.15, 0.2) is 29.2 Å². The van der Waals surface area contributed by atoms with Crippen LogP contribution in [-0.4, -0.2) is 37.6 Å². The predicted octanol–water partition coefficient (Wildman–Crippen LogP) is 3.43. The lowest BCUT2D eigenvalue weighted by molar-refractivity contribution is -0.193. The highest BCUT2D eigenvalue weighted by Crippen LogP contribution is 2.24. The number of alkyl halides is 6. The van der Waals surface area contributed by atoms with Crippen LogP contribution in [0.2, 0.25) is 0 Å². The SMILES string of the molecule is Cc1ccc(S(=O)(=O)C(C)C)cc1.O=C(C(=O)C(F)(F)F)C(F)(F)F. The summed E-state index contributed by atoms with van der Waals surface area (Å²) in [6.07, 6.45) is -11.5. The molecule has 11 heteroatoms. The van der Waals surface area contributed by atoms with Gasteiger partial charge in [-0.1, -0.05) is 17.7 Å². The highest BCUT2D eigenvalue weighted by molar-refractivity contribution is 7.92. The highest BCUT2D eigenvalue weighted by Gasteiger charge is 2.54. The molecule has 0 atom stereocenters. The van der Waals surface area contributed by atoms with Gasteiger partial charge in [-0.25, -0.2) is 8.42 Å². The maximum absolute atomic E-state index is 11.6. The normalized spacial score (nSPS) is 12.4. The number of benzene rings is 1. The third kappa shape index (κ3) is 6.85. The van der Waals surface area contributed by atoms with Crippen molar-refractivity contribution in [2.45, 2.75) is 43.3 Å². The van der Waals surface area contributed by atoms with Crippen molar-refractivity contribution in [2.75, 3.05) is 0 Å². The molecule has 25 heavy (non-hydrogen) atoms. The summed E-state index contributed by atoms with van der Waals surface area (Å²) >= 11 is 0. The van der Waals surface area contributed by atoms with Gasteiger partial charge in [0.25, 0.3) is 0 Å². The molecule has 0 bridgehead atoms.